The molecule has 0 aromatic heterocycles. The van der Waals surface area contributed by atoms with Gasteiger partial charge in [0.25, 0.3) is 0 Å². The Bertz CT molecular complexity index is 6.14. The topological polar surface area (TPSA) is 0 Å². The molecule has 0 nitrogen and oxygen atoms in total. The van der Waals surface area contributed by atoms with E-state index in [0.29, 0.717) is 0 Å². The van der Waals surface area contributed by atoms with Gasteiger partial charge in [0.05, 0.1) is 0 Å². The van der Waals surface area contributed by atoms with Gasteiger partial charge in [0.15, 0.2) is 0 Å². The normalized spacial score (nSPS) is 5.14. The number of hydrogen-bond acceptors (Lipinski definition) is 0. The maximum absolute atomic E-state index is 3.49. The van der Waals surface area contributed by atoms with Crippen LogP contribution in [0.2, 0.25) is 0 Å². The molecule has 0 saturated heterocycles. The van der Waals surface area contributed by atoms with Crippen molar-refractivity contribution >= 4 is 0 Å². The Balaban J connectivity index is -0.0000000400. The van der Waals surface area contributed by atoms with E-state index in [1.54, 1.807) is 0 Å². The van der Waals surface area contributed by atoms with Crippen LogP contribution in [0.15, 0.2) is 0 Å². The molecule has 0 unspecified atom stereocenters. The number of rotatable bonds is 0. The molecule has 0 aliphatic carbocycles. The first-order valence-electron chi connectivity index (χ1n) is 2.41. The van der Waals surface area contributed by atoms with Gasteiger partial charge in [-0.25, -0.2) is 0 Å². The molecule has 0 fully saturated rings. The Labute approximate surface area is 62.0 Å². The van der Waals surface area contributed by atoms with E-state index in [0.717, 1.165) is 12.8 Å². The molecule has 0 heterocycles. The van der Waals surface area contributed by atoms with Crippen molar-refractivity contribution in [1.29, 1.82) is 0 Å². The molecule has 0 amide bonds. The van der Waals surface area contributed by atoms with Gasteiger partial charge in [-0.1, -0.05) is 13.8 Å². The smallest absolute Gasteiger partial charge is 0.344 e. The fourth-order valence-electron chi connectivity index (χ4n) is 0. The fraction of sp³-hybridized carbons (Fsp3) is 0.667. The molecule has 0 bridgehead atoms. The molecule has 7 heavy (non-hydrogen) atoms. The Hall–Kier alpha value is 0.688. The van der Waals surface area contributed by atoms with Crippen LogP contribution in [0, 0.1) is 13.8 Å². The van der Waals surface area contributed by atoms with Crippen LogP contribution in [-0.4, -0.2) is 0 Å². The second-order valence-corrected chi connectivity index (χ2v) is 1.000. The molecular formula is C6H14Mo. The van der Waals surface area contributed by atoms with Crippen LogP contribution in [0.4, 0.5) is 0 Å². The summed E-state index contributed by atoms with van der Waals surface area (Å²) in [6, 6.07) is 0. The minimum absolute atomic E-state index is 0. The van der Waals surface area contributed by atoms with Crippen LogP contribution >= 0.6 is 0 Å². The van der Waals surface area contributed by atoms with Crippen LogP contribution in [0.3, 0.4) is 0 Å². The Morgan fingerprint density at radius 1 is 1.00 bits per heavy atom. The second-order valence-electron chi connectivity index (χ2n) is 1.000. The van der Waals surface area contributed by atoms with Crippen molar-refractivity contribution in [3.05, 3.63) is 13.8 Å². The van der Waals surface area contributed by atoms with Crippen molar-refractivity contribution in [1.82, 2.24) is 0 Å². The third-order valence-corrected chi connectivity index (χ3v) is 0. The van der Waals surface area contributed by atoms with Gasteiger partial charge in [-0.3, -0.25) is 0 Å². The van der Waals surface area contributed by atoms with Gasteiger partial charge in [0.2, 0.25) is 0 Å². The number of hydrogen-bond donors (Lipinski definition) is 0. The molecule has 0 saturated carbocycles. The summed E-state index contributed by atoms with van der Waals surface area (Å²) >= 11 is 0. The zero-order valence-electron chi connectivity index (χ0n) is 5.24. The second kappa shape index (κ2) is 29.9. The van der Waals surface area contributed by atoms with Gasteiger partial charge in [-0.15, -0.1) is 0 Å². The summed E-state index contributed by atoms with van der Waals surface area (Å²) in [7, 11) is 0. The van der Waals surface area contributed by atoms with Crippen molar-refractivity contribution in [3.8, 4) is 0 Å². The quantitative estimate of drug-likeness (QED) is 0.398. The third kappa shape index (κ3) is 310. The Kier molecular flexibility index (Phi) is 66.9. The largest absolute Gasteiger partial charge is 2.00 e. The van der Waals surface area contributed by atoms with E-state index in [9.17, 15) is 0 Å². The predicted octanol–water partition coefficient (Wildman–Crippen LogP) is 2.46. The van der Waals surface area contributed by atoms with E-state index in [1.807, 2.05) is 13.8 Å². The molecule has 0 aromatic rings. The Morgan fingerprint density at radius 2 is 1.00 bits per heavy atom. The molecule has 0 spiro atoms. The fourth-order valence-corrected chi connectivity index (χ4v) is 0. The summed E-state index contributed by atoms with van der Waals surface area (Å²) in [4.78, 5) is 0. The average Bonchev–Trinajstić information content (AvgIpc) is 1.39. The maximum atomic E-state index is 3.49. The van der Waals surface area contributed by atoms with Gasteiger partial charge in [-0.2, -0.15) is 12.8 Å². The van der Waals surface area contributed by atoms with Crippen LogP contribution in [0.5, 0.6) is 0 Å². The Morgan fingerprint density at radius 3 is 1.00 bits per heavy atom. The van der Waals surface area contributed by atoms with Crippen LogP contribution in [0.25, 0.3) is 0 Å². The van der Waals surface area contributed by atoms with E-state index in [2.05, 4.69) is 13.8 Å². The first-order valence-corrected chi connectivity index (χ1v) is 2.41. The van der Waals surface area contributed by atoms with E-state index < -0.39 is 0 Å². The van der Waals surface area contributed by atoms with Crippen LogP contribution < -0.4 is 0 Å². The summed E-state index contributed by atoms with van der Waals surface area (Å²) in [6.07, 6.45) is 2.00. The van der Waals surface area contributed by atoms with Crippen LogP contribution in [0.1, 0.15) is 26.7 Å². The zero-order valence-corrected chi connectivity index (χ0v) is 7.24. The molecule has 0 rings (SSSR count). The molecule has 1 heteroatoms. The molecule has 0 N–H and O–H groups in total. The first-order chi connectivity index (χ1) is 2.83. The summed E-state index contributed by atoms with van der Waals surface area (Å²) in [5, 5.41) is 0. The first kappa shape index (κ1) is 15.6. The third-order valence-electron chi connectivity index (χ3n) is 0. The SMILES string of the molecule is [CH2-]CC.[CH2-]CC.[Mo+2]. The molecule has 0 aliphatic heterocycles. The van der Waals surface area contributed by atoms with Crippen molar-refractivity contribution in [2.45, 2.75) is 26.7 Å². The van der Waals surface area contributed by atoms with Gasteiger partial charge < -0.3 is 13.8 Å². The zero-order chi connectivity index (χ0) is 5.41. The summed E-state index contributed by atoms with van der Waals surface area (Å²) in [5.41, 5.74) is 0. The van der Waals surface area contributed by atoms with Gasteiger partial charge >= 0.3 is 21.1 Å². The molecule has 0 aromatic carbocycles. The van der Waals surface area contributed by atoms with Crippen LogP contribution in [-0.2, 0) is 21.1 Å². The van der Waals surface area contributed by atoms with E-state index in [-0.39, 0.29) is 21.1 Å². The standard InChI is InChI=1S/2C3H7.Mo/c2*1-3-2;/h2*1,3H2,2H3;/q2*-1;+2. The van der Waals surface area contributed by atoms with E-state index in [4.69, 9.17) is 0 Å². The summed E-state index contributed by atoms with van der Waals surface area (Å²) < 4.78 is 0. The average molecular weight is 182 g/mol. The molecular weight excluding hydrogens is 168 g/mol. The van der Waals surface area contributed by atoms with E-state index >= 15 is 0 Å². The van der Waals surface area contributed by atoms with Gasteiger partial charge in [0, 0.05) is 0 Å². The molecule has 44 valence electrons. The van der Waals surface area contributed by atoms with Gasteiger partial charge in [-0.05, 0) is 0 Å². The molecule has 0 radical (unpaired) electrons. The van der Waals surface area contributed by atoms with E-state index in [1.165, 1.54) is 0 Å². The van der Waals surface area contributed by atoms with Crippen molar-refractivity contribution < 1.29 is 21.1 Å². The van der Waals surface area contributed by atoms with Crippen molar-refractivity contribution in [2.24, 2.45) is 0 Å². The minimum atomic E-state index is 0. The van der Waals surface area contributed by atoms with Gasteiger partial charge in [0.1, 0.15) is 0 Å². The maximum Gasteiger partial charge on any atom is 2.00 e. The summed E-state index contributed by atoms with van der Waals surface area (Å²) in [5.74, 6) is 0. The predicted molar refractivity (Wildman–Crippen MR) is 31.3 cm³/mol. The monoisotopic (exact) mass is 184 g/mol. The minimum Gasteiger partial charge on any atom is -0.344 e. The van der Waals surface area contributed by atoms with Crippen molar-refractivity contribution in [3.63, 3.8) is 0 Å². The van der Waals surface area contributed by atoms with Crippen molar-refractivity contribution in [2.75, 3.05) is 0 Å². The molecule has 0 atom stereocenters. The summed E-state index contributed by atoms with van der Waals surface area (Å²) in [6.45, 7) is 11.0. The molecule has 0 aliphatic rings.